The van der Waals surface area contributed by atoms with Crippen molar-refractivity contribution in [1.82, 2.24) is 5.43 Å². The highest BCUT2D eigenvalue weighted by Crippen LogP contribution is 2.43. The zero-order valence-corrected chi connectivity index (χ0v) is 17.6. The van der Waals surface area contributed by atoms with Crippen molar-refractivity contribution < 1.29 is 19.7 Å². The van der Waals surface area contributed by atoms with Gasteiger partial charge in [0.2, 0.25) is 0 Å². The minimum atomic E-state index is -0.437. The van der Waals surface area contributed by atoms with Crippen molar-refractivity contribution in [3.8, 4) is 17.2 Å². The van der Waals surface area contributed by atoms with E-state index in [1.807, 2.05) is 26.0 Å². The van der Waals surface area contributed by atoms with Crippen LogP contribution in [0.1, 0.15) is 22.3 Å². The van der Waals surface area contributed by atoms with E-state index in [0.29, 0.717) is 21.3 Å². The second-order valence-electron chi connectivity index (χ2n) is 5.69. The van der Waals surface area contributed by atoms with Gasteiger partial charge in [-0.3, -0.25) is 4.79 Å². The standard InChI is InChI=1S/C18H18Br2N2O4/c1-9-4-5-12(6-10(9)2)26-8-14(23)22-21-7-13-11(3)15(19)18(25)16(20)17(13)24/h4-7,24-25H,8H2,1-3H3,(H,22,23)/b21-7-. The van der Waals surface area contributed by atoms with Gasteiger partial charge in [0.25, 0.3) is 5.91 Å². The summed E-state index contributed by atoms with van der Waals surface area (Å²) in [5, 5.41) is 23.8. The van der Waals surface area contributed by atoms with Gasteiger partial charge in [0.05, 0.1) is 10.7 Å². The average Bonchev–Trinajstić information content (AvgIpc) is 2.62. The first kappa shape index (κ1) is 20.3. The van der Waals surface area contributed by atoms with E-state index in [1.54, 1.807) is 13.0 Å². The number of benzene rings is 2. The number of hydrogen-bond acceptors (Lipinski definition) is 5. The lowest BCUT2D eigenvalue weighted by Crippen LogP contribution is -2.24. The van der Waals surface area contributed by atoms with Crippen LogP contribution in [0.3, 0.4) is 0 Å². The number of nitrogens with zero attached hydrogens (tertiary/aromatic N) is 1. The summed E-state index contributed by atoms with van der Waals surface area (Å²) in [7, 11) is 0. The summed E-state index contributed by atoms with van der Waals surface area (Å²) in [5.41, 5.74) is 5.50. The normalized spacial score (nSPS) is 11.0. The molecule has 0 saturated carbocycles. The average molecular weight is 486 g/mol. The Bertz CT molecular complexity index is 853. The van der Waals surface area contributed by atoms with E-state index in [-0.39, 0.29) is 22.6 Å². The quantitative estimate of drug-likeness (QED) is 0.439. The minimum Gasteiger partial charge on any atom is -0.506 e. The molecule has 0 radical (unpaired) electrons. The van der Waals surface area contributed by atoms with E-state index >= 15 is 0 Å². The van der Waals surface area contributed by atoms with Crippen molar-refractivity contribution in [1.29, 1.82) is 0 Å². The number of amides is 1. The highest BCUT2D eigenvalue weighted by Gasteiger charge is 2.17. The smallest absolute Gasteiger partial charge is 0.277 e. The van der Waals surface area contributed by atoms with Crippen LogP contribution in [0.15, 0.2) is 32.2 Å². The maximum Gasteiger partial charge on any atom is 0.277 e. The number of ether oxygens (including phenoxy) is 1. The molecule has 1 amide bonds. The van der Waals surface area contributed by atoms with Crippen LogP contribution < -0.4 is 10.2 Å². The summed E-state index contributed by atoms with van der Waals surface area (Å²) in [6.07, 6.45) is 1.30. The number of rotatable bonds is 5. The van der Waals surface area contributed by atoms with Crippen LogP contribution in [-0.4, -0.2) is 28.9 Å². The summed E-state index contributed by atoms with van der Waals surface area (Å²) in [6.45, 7) is 5.48. The Balaban J connectivity index is 2.00. The molecule has 2 aromatic rings. The lowest BCUT2D eigenvalue weighted by molar-refractivity contribution is -0.123. The minimum absolute atomic E-state index is 0.108. The number of carbonyl (C=O) groups is 1. The summed E-state index contributed by atoms with van der Waals surface area (Å²) in [6, 6.07) is 5.58. The van der Waals surface area contributed by atoms with Crippen molar-refractivity contribution in [2.75, 3.05) is 6.61 Å². The first-order valence-electron chi connectivity index (χ1n) is 7.63. The van der Waals surface area contributed by atoms with Crippen molar-refractivity contribution in [2.24, 2.45) is 5.10 Å². The van der Waals surface area contributed by atoms with Crippen molar-refractivity contribution in [3.63, 3.8) is 0 Å². The molecule has 26 heavy (non-hydrogen) atoms. The van der Waals surface area contributed by atoms with Gasteiger partial charge < -0.3 is 14.9 Å². The molecule has 0 bridgehead atoms. The number of carbonyl (C=O) groups excluding carboxylic acids is 1. The molecule has 0 unspecified atom stereocenters. The van der Waals surface area contributed by atoms with Gasteiger partial charge in [0, 0.05) is 5.56 Å². The molecule has 8 heteroatoms. The first-order valence-corrected chi connectivity index (χ1v) is 9.22. The van der Waals surface area contributed by atoms with E-state index in [0.717, 1.165) is 11.1 Å². The second-order valence-corrected chi connectivity index (χ2v) is 7.28. The predicted octanol–water partition coefficient (Wildman–Crippen LogP) is 4.08. The van der Waals surface area contributed by atoms with Crippen LogP contribution in [0, 0.1) is 20.8 Å². The van der Waals surface area contributed by atoms with Crippen LogP contribution in [0.2, 0.25) is 0 Å². The molecule has 0 fully saturated rings. The Morgan fingerprint density at radius 3 is 2.50 bits per heavy atom. The Morgan fingerprint density at radius 1 is 1.15 bits per heavy atom. The lowest BCUT2D eigenvalue weighted by atomic mass is 10.1. The largest absolute Gasteiger partial charge is 0.506 e. The van der Waals surface area contributed by atoms with Gasteiger partial charge >= 0.3 is 0 Å². The van der Waals surface area contributed by atoms with Gasteiger partial charge in [-0.15, -0.1) is 0 Å². The predicted molar refractivity (Wildman–Crippen MR) is 107 cm³/mol. The zero-order chi connectivity index (χ0) is 19.4. The molecular formula is C18H18Br2N2O4. The van der Waals surface area contributed by atoms with Crippen LogP contribution in [0.5, 0.6) is 17.2 Å². The molecule has 6 nitrogen and oxygen atoms in total. The van der Waals surface area contributed by atoms with Crippen molar-refractivity contribution in [3.05, 3.63) is 49.4 Å². The van der Waals surface area contributed by atoms with Gasteiger partial charge in [-0.1, -0.05) is 6.07 Å². The van der Waals surface area contributed by atoms with Gasteiger partial charge in [-0.25, -0.2) is 5.43 Å². The molecule has 0 saturated heterocycles. The van der Waals surface area contributed by atoms with E-state index in [1.165, 1.54) is 6.21 Å². The second kappa shape index (κ2) is 8.55. The number of halogens is 2. The van der Waals surface area contributed by atoms with Crippen LogP contribution in [-0.2, 0) is 4.79 Å². The number of nitrogens with one attached hydrogen (secondary N) is 1. The topological polar surface area (TPSA) is 91.2 Å². The number of hydrogen-bond donors (Lipinski definition) is 3. The molecule has 0 aliphatic rings. The monoisotopic (exact) mass is 484 g/mol. The molecule has 0 aliphatic carbocycles. The van der Waals surface area contributed by atoms with Gasteiger partial charge in [0.1, 0.15) is 21.7 Å². The number of phenols is 2. The fourth-order valence-corrected chi connectivity index (χ4v) is 3.20. The maximum atomic E-state index is 11.8. The molecule has 138 valence electrons. The number of phenolic OH excluding ortho intramolecular Hbond substituents is 2. The van der Waals surface area contributed by atoms with Crippen LogP contribution in [0.25, 0.3) is 0 Å². The Labute approximate surface area is 168 Å². The third kappa shape index (κ3) is 4.56. The van der Waals surface area contributed by atoms with Crippen LogP contribution in [0.4, 0.5) is 0 Å². The summed E-state index contributed by atoms with van der Waals surface area (Å²) >= 11 is 6.34. The lowest BCUT2D eigenvalue weighted by Gasteiger charge is -2.11. The van der Waals surface area contributed by atoms with E-state index in [2.05, 4.69) is 42.4 Å². The fraction of sp³-hybridized carbons (Fsp3) is 0.222. The SMILES string of the molecule is Cc1ccc(OCC(=O)N/N=C\c2c(C)c(Br)c(O)c(Br)c2O)cc1C. The summed E-state index contributed by atoms with van der Waals surface area (Å²) in [4.78, 5) is 11.8. The third-order valence-corrected chi connectivity index (χ3v) is 5.56. The number of aryl methyl sites for hydroxylation is 2. The van der Waals surface area contributed by atoms with Crippen molar-refractivity contribution in [2.45, 2.75) is 20.8 Å². The van der Waals surface area contributed by atoms with E-state index in [9.17, 15) is 15.0 Å². The number of aromatic hydroxyl groups is 2. The Morgan fingerprint density at radius 2 is 1.85 bits per heavy atom. The van der Waals surface area contributed by atoms with Gasteiger partial charge in [-0.2, -0.15) is 5.10 Å². The molecule has 0 aromatic heterocycles. The molecule has 2 aromatic carbocycles. The fourth-order valence-electron chi connectivity index (χ4n) is 2.11. The maximum absolute atomic E-state index is 11.8. The van der Waals surface area contributed by atoms with Gasteiger partial charge in [-0.05, 0) is 81.5 Å². The first-order chi connectivity index (χ1) is 12.2. The molecular weight excluding hydrogens is 468 g/mol. The Hall–Kier alpha value is -2.06. The van der Waals surface area contributed by atoms with E-state index in [4.69, 9.17) is 4.74 Å². The zero-order valence-electron chi connectivity index (χ0n) is 14.4. The molecule has 2 rings (SSSR count). The van der Waals surface area contributed by atoms with Crippen molar-refractivity contribution >= 4 is 44.0 Å². The molecule has 3 N–H and O–H groups in total. The molecule has 0 spiro atoms. The van der Waals surface area contributed by atoms with Crippen LogP contribution >= 0.6 is 31.9 Å². The highest BCUT2D eigenvalue weighted by atomic mass is 79.9. The molecule has 0 heterocycles. The molecule has 0 atom stereocenters. The third-order valence-electron chi connectivity index (χ3n) is 3.84. The highest BCUT2D eigenvalue weighted by molar-refractivity contribution is 9.11. The van der Waals surface area contributed by atoms with Gasteiger partial charge in [0.15, 0.2) is 6.61 Å². The summed E-state index contributed by atoms with van der Waals surface area (Å²) < 4.78 is 5.99. The molecule has 0 aliphatic heterocycles. The number of hydrazone groups is 1. The van der Waals surface area contributed by atoms with E-state index < -0.39 is 5.91 Å². The summed E-state index contributed by atoms with van der Waals surface area (Å²) in [5.74, 6) is -0.115. The Kier molecular flexibility index (Phi) is 6.66.